The lowest BCUT2D eigenvalue weighted by Crippen LogP contribution is -1.97. The molecule has 2 aromatic rings. The van der Waals surface area contributed by atoms with Crippen LogP contribution in [0.25, 0.3) is 4.98 Å². The summed E-state index contributed by atoms with van der Waals surface area (Å²) in [6.45, 7) is 0. The van der Waals surface area contributed by atoms with Crippen LogP contribution in [-0.2, 0) is 13.5 Å². The fourth-order valence-corrected chi connectivity index (χ4v) is 1.33. The Bertz CT molecular complexity index is 491. The van der Waals surface area contributed by atoms with E-state index >= 15 is 0 Å². The Labute approximate surface area is 87.0 Å². The predicted molar refractivity (Wildman–Crippen MR) is 55.0 cm³/mol. The molecule has 0 spiro atoms. The number of rotatable bonds is 2. The first-order valence-electron chi connectivity index (χ1n) is 4.56. The van der Waals surface area contributed by atoms with Crippen LogP contribution in [0.3, 0.4) is 0 Å². The molecular formula is C10H10N5+. The Balaban J connectivity index is 2.19. The lowest BCUT2D eigenvalue weighted by atomic mass is 10.1. The van der Waals surface area contributed by atoms with Crippen molar-refractivity contribution in [2.45, 2.75) is 6.42 Å². The second kappa shape index (κ2) is 3.88. The van der Waals surface area contributed by atoms with Crippen molar-refractivity contribution >= 4 is 5.69 Å². The SMILES string of the molecule is Cn1cnnc1Cc1ccc([N+]#N)cc1. The van der Waals surface area contributed by atoms with Gasteiger partial charge in [-0.25, -0.2) is 0 Å². The molecule has 0 atom stereocenters. The molecule has 0 bridgehead atoms. The van der Waals surface area contributed by atoms with Crippen molar-refractivity contribution in [3.05, 3.63) is 47.0 Å². The third-order valence-corrected chi connectivity index (χ3v) is 2.22. The second-order valence-corrected chi connectivity index (χ2v) is 3.30. The van der Waals surface area contributed by atoms with E-state index in [0.29, 0.717) is 5.69 Å². The van der Waals surface area contributed by atoms with Gasteiger partial charge in [0, 0.05) is 25.6 Å². The highest BCUT2D eigenvalue weighted by atomic mass is 15.2. The van der Waals surface area contributed by atoms with Crippen LogP contribution >= 0.6 is 0 Å². The summed E-state index contributed by atoms with van der Waals surface area (Å²) in [6.07, 6.45) is 2.40. The molecule has 1 aromatic heterocycles. The van der Waals surface area contributed by atoms with Crippen molar-refractivity contribution in [1.29, 1.82) is 5.39 Å². The molecule has 15 heavy (non-hydrogen) atoms. The van der Waals surface area contributed by atoms with Crippen LogP contribution in [0.15, 0.2) is 30.6 Å². The van der Waals surface area contributed by atoms with Crippen LogP contribution in [-0.4, -0.2) is 14.8 Å². The van der Waals surface area contributed by atoms with E-state index in [-0.39, 0.29) is 0 Å². The molecule has 0 N–H and O–H groups in total. The van der Waals surface area contributed by atoms with Crippen LogP contribution < -0.4 is 0 Å². The summed E-state index contributed by atoms with van der Waals surface area (Å²) in [5.41, 5.74) is 1.66. The number of hydrogen-bond donors (Lipinski definition) is 0. The molecule has 1 aromatic carbocycles. The molecule has 74 valence electrons. The van der Waals surface area contributed by atoms with E-state index in [0.717, 1.165) is 17.8 Å². The first-order chi connectivity index (χ1) is 7.29. The molecule has 5 heteroatoms. The smallest absolute Gasteiger partial charge is 0.320 e. The first kappa shape index (κ1) is 9.34. The fraction of sp³-hybridized carbons (Fsp3) is 0.200. The minimum absolute atomic E-state index is 0.553. The van der Waals surface area contributed by atoms with Crippen molar-refractivity contribution in [1.82, 2.24) is 14.8 Å². The van der Waals surface area contributed by atoms with Crippen molar-refractivity contribution < 1.29 is 0 Å². The van der Waals surface area contributed by atoms with Crippen LogP contribution in [0.1, 0.15) is 11.4 Å². The average molecular weight is 200 g/mol. The molecule has 0 aliphatic carbocycles. The summed E-state index contributed by atoms with van der Waals surface area (Å²) in [6, 6.07) is 7.32. The maximum atomic E-state index is 8.53. The summed E-state index contributed by atoms with van der Waals surface area (Å²) >= 11 is 0. The molecule has 0 aliphatic rings. The number of nitrogens with zero attached hydrogens (tertiary/aromatic N) is 5. The zero-order chi connectivity index (χ0) is 10.7. The van der Waals surface area contributed by atoms with Crippen molar-refractivity contribution in [3.63, 3.8) is 0 Å². The summed E-state index contributed by atoms with van der Waals surface area (Å²) in [7, 11) is 1.91. The molecule has 5 nitrogen and oxygen atoms in total. The molecule has 0 aliphatic heterocycles. The van der Waals surface area contributed by atoms with Crippen LogP contribution in [0, 0.1) is 5.39 Å². The topological polar surface area (TPSA) is 58.9 Å². The number of hydrogen-bond acceptors (Lipinski definition) is 3. The van der Waals surface area contributed by atoms with Gasteiger partial charge in [0.2, 0.25) is 5.39 Å². The molecule has 0 radical (unpaired) electrons. The van der Waals surface area contributed by atoms with Crippen LogP contribution in [0.2, 0.25) is 0 Å². The Kier molecular flexibility index (Phi) is 2.42. The standard InChI is InChI=1S/C10H10N5/c1-15-7-12-14-10(15)6-8-2-4-9(13-11)5-3-8/h2-5,7H,6H2,1H3/q+1. The molecule has 0 saturated carbocycles. The minimum atomic E-state index is 0.553. The van der Waals surface area contributed by atoms with E-state index in [1.807, 2.05) is 23.7 Å². The highest BCUT2D eigenvalue weighted by Crippen LogP contribution is 2.14. The fourth-order valence-electron chi connectivity index (χ4n) is 1.33. The Morgan fingerprint density at radius 1 is 1.33 bits per heavy atom. The van der Waals surface area contributed by atoms with Gasteiger partial charge in [0.25, 0.3) is 0 Å². The van der Waals surface area contributed by atoms with Gasteiger partial charge in [-0.05, 0) is 5.56 Å². The minimum Gasteiger partial charge on any atom is -0.320 e. The average Bonchev–Trinajstić information content (AvgIpc) is 2.66. The normalized spacial score (nSPS) is 9.87. The monoisotopic (exact) mass is 200 g/mol. The van der Waals surface area contributed by atoms with Crippen molar-refractivity contribution in [3.8, 4) is 0 Å². The number of aryl methyl sites for hydroxylation is 1. The van der Waals surface area contributed by atoms with E-state index in [1.165, 1.54) is 0 Å². The van der Waals surface area contributed by atoms with E-state index in [4.69, 9.17) is 5.39 Å². The van der Waals surface area contributed by atoms with Gasteiger partial charge in [0.15, 0.2) is 4.98 Å². The third-order valence-electron chi connectivity index (χ3n) is 2.22. The number of benzene rings is 1. The Morgan fingerprint density at radius 2 is 2.07 bits per heavy atom. The highest BCUT2D eigenvalue weighted by molar-refractivity contribution is 5.44. The molecule has 2 rings (SSSR count). The van der Waals surface area contributed by atoms with Crippen molar-refractivity contribution in [2.24, 2.45) is 7.05 Å². The van der Waals surface area contributed by atoms with E-state index in [1.54, 1.807) is 18.5 Å². The summed E-state index contributed by atoms with van der Waals surface area (Å²) in [5.74, 6) is 0.906. The van der Waals surface area contributed by atoms with Gasteiger partial charge in [-0.1, -0.05) is 12.1 Å². The first-order valence-corrected chi connectivity index (χ1v) is 4.56. The lowest BCUT2D eigenvalue weighted by Gasteiger charge is -1.98. The van der Waals surface area contributed by atoms with Crippen LogP contribution in [0.5, 0.6) is 0 Å². The number of aromatic nitrogens is 3. The highest BCUT2D eigenvalue weighted by Gasteiger charge is 2.05. The molecule has 0 saturated heterocycles. The molecular weight excluding hydrogens is 190 g/mol. The summed E-state index contributed by atoms with van der Waals surface area (Å²) < 4.78 is 1.88. The van der Waals surface area contributed by atoms with Gasteiger partial charge in [-0.2, -0.15) is 0 Å². The van der Waals surface area contributed by atoms with Gasteiger partial charge in [0.1, 0.15) is 12.2 Å². The third kappa shape index (κ3) is 1.99. The zero-order valence-electron chi connectivity index (χ0n) is 8.33. The summed E-state index contributed by atoms with van der Waals surface area (Å²) in [5, 5.41) is 16.3. The van der Waals surface area contributed by atoms with Gasteiger partial charge in [-0.15, -0.1) is 10.2 Å². The maximum Gasteiger partial charge on any atom is 0.385 e. The molecule has 0 fully saturated rings. The lowest BCUT2D eigenvalue weighted by molar-refractivity contribution is 0.821. The van der Waals surface area contributed by atoms with Gasteiger partial charge in [0.05, 0.1) is 0 Å². The van der Waals surface area contributed by atoms with Crippen LogP contribution in [0.4, 0.5) is 5.69 Å². The zero-order valence-corrected chi connectivity index (χ0v) is 8.33. The van der Waals surface area contributed by atoms with Gasteiger partial charge in [-0.3, -0.25) is 0 Å². The maximum absolute atomic E-state index is 8.53. The quantitative estimate of drug-likeness (QED) is 0.695. The van der Waals surface area contributed by atoms with E-state index in [9.17, 15) is 0 Å². The second-order valence-electron chi connectivity index (χ2n) is 3.30. The van der Waals surface area contributed by atoms with Crippen molar-refractivity contribution in [2.75, 3.05) is 0 Å². The Morgan fingerprint density at radius 3 is 2.60 bits per heavy atom. The number of diazo groups is 1. The molecule has 0 unspecified atom stereocenters. The molecule has 1 heterocycles. The van der Waals surface area contributed by atoms with Gasteiger partial charge < -0.3 is 4.57 Å². The summed E-state index contributed by atoms with van der Waals surface area (Å²) in [4.78, 5) is 3.09. The largest absolute Gasteiger partial charge is 0.385 e. The van der Waals surface area contributed by atoms with Gasteiger partial charge >= 0.3 is 5.69 Å². The predicted octanol–water partition coefficient (Wildman–Crippen LogP) is 1.89. The van der Waals surface area contributed by atoms with E-state index < -0.39 is 0 Å². The molecule has 0 amide bonds. The van der Waals surface area contributed by atoms with E-state index in [2.05, 4.69) is 15.2 Å². The Hall–Kier alpha value is -2.22.